The van der Waals surface area contributed by atoms with Crippen LogP contribution in [-0.4, -0.2) is 16.8 Å². The molecule has 2 aromatic rings. The number of rotatable bonds is 5. The van der Waals surface area contributed by atoms with Gasteiger partial charge in [0.25, 0.3) is 0 Å². The van der Waals surface area contributed by atoms with Crippen LogP contribution < -0.4 is 10.1 Å². The van der Waals surface area contributed by atoms with Crippen LogP contribution in [0.2, 0.25) is 0 Å². The maximum Gasteiger partial charge on any atom is 0.205 e. The van der Waals surface area contributed by atoms with Crippen LogP contribution in [0.3, 0.4) is 0 Å². The quantitative estimate of drug-likeness (QED) is 0.859. The molecule has 1 aromatic carbocycles. The number of benzene rings is 1. The maximum atomic E-state index is 5.48. The van der Waals surface area contributed by atoms with E-state index in [2.05, 4.69) is 37.4 Å². The molecule has 92 valence electrons. The van der Waals surface area contributed by atoms with E-state index in [0.717, 1.165) is 20.9 Å². The molecular formula is C12H10BrN3OS. The standard InChI is InChI=1S/C12H10BrN3OS/c1-2-5-17-11-4-3-10(13)6-9(11)7-14-12-16-15-8-18-12/h1,3-4,6,8H,5,7H2,(H,14,16). The Labute approximate surface area is 118 Å². The summed E-state index contributed by atoms with van der Waals surface area (Å²) < 4.78 is 6.47. The Morgan fingerprint density at radius 3 is 3.11 bits per heavy atom. The van der Waals surface area contributed by atoms with Crippen molar-refractivity contribution in [2.75, 3.05) is 11.9 Å². The minimum absolute atomic E-state index is 0.257. The van der Waals surface area contributed by atoms with E-state index in [1.807, 2.05) is 18.2 Å². The number of anilines is 1. The van der Waals surface area contributed by atoms with Crippen molar-refractivity contribution in [3.8, 4) is 18.1 Å². The Balaban J connectivity index is 2.09. The molecule has 1 aromatic heterocycles. The SMILES string of the molecule is C#CCOc1ccc(Br)cc1CNc1nncs1. The zero-order chi connectivity index (χ0) is 12.8. The van der Waals surface area contributed by atoms with Gasteiger partial charge in [0.05, 0.1) is 0 Å². The summed E-state index contributed by atoms with van der Waals surface area (Å²) >= 11 is 4.89. The van der Waals surface area contributed by atoms with Crippen molar-refractivity contribution in [1.29, 1.82) is 0 Å². The summed E-state index contributed by atoms with van der Waals surface area (Å²) in [4.78, 5) is 0. The average molecular weight is 324 g/mol. The Bertz CT molecular complexity index is 551. The molecule has 0 aliphatic heterocycles. The third-order valence-corrected chi connectivity index (χ3v) is 3.27. The second kappa shape index (κ2) is 6.38. The van der Waals surface area contributed by atoms with Crippen LogP contribution in [0.15, 0.2) is 28.2 Å². The van der Waals surface area contributed by atoms with Crippen LogP contribution in [0.4, 0.5) is 5.13 Å². The van der Waals surface area contributed by atoms with Gasteiger partial charge in [-0.25, -0.2) is 0 Å². The van der Waals surface area contributed by atoms with Crippen molar-refractivity contribution in [3.05, 3.63) is 33.7 Å². The monoisotopic (exact) mass is 323 g/mol. The number of terminal acetylenes is 1. The third-order valence-electron chi connectivity index (χ3n) is 2.12. The van der Waals surface area contributed by atoms with Gasteiger partial charge in [-0.3, -0.25) is 0 Å². The summed E-state index contributed by atoms with van der Waals surface area (Å²) in [5.74, 6) is 3.22. The molecular weight excluding hydrogens is 314 g/mol. The van der Waals surface area contributed by atoms with Gasteiger partial charge in [-0.2, -0.15) is 0 Å². The fourth-order valence-corrected chi connectivity index (χ4v) is 2.22. The lowest BCUT2D eigenvalue weighted by Gasteiger charge is -2.10. The normalized spacial score (nSPS) is 9.78. The molecule has 0 amide bonds. The number of ether oxygens (including phenoxy) is 1. The Morgan fingerprint density at radius 2 is 2.39 bits per heavy atom. The van der Waals surface area contributed by atoms with Gasteiger partial charge >= 0.3 is 0 Å². The van der Waals surface area contributed by atoms with Crippen LogP contribution in [-0.2, 0) is 6.54 Å². The molecule has 0 aliphatic carbocycles. The van der Waals surface area contributed by atoms with Crippen molar-refractivity contribution in [2.24, 2.45) is 0 Å². The van der Waals surface area contributed by atoms with E-state index in [0.29, 0.717) is 6.54 Å². The van der Waals surface area contributed by atoms with E-state index in [4.69, 9.17) is 11.2 Å². The average Bonchev–Trinajstić information content (AvgIpc) is 2.88. The molecule has 0 aliphatic rings. The van der Waals surface area contributed by atoms with Gasteiger partial charge in [-0.05, 0) is 18.2 Å². The largest absolute Gasteiger partial charge is 0.481 e. The van der Waals surface area contributed by atoms with Crippen LogP contribution in [0, 0.1) is 12.3 Å². The topological polar surface area (TPSA) is 47.0 Å². The number of nitrogens with one attached hydrogen (secondary N) is 1. The predicted octanol–water partition coefficient (Wildman–Crippen LogP) is 2.92. The molecule has 0 spiro atoms. The third kappa shape index (κ3) is 3.45. The first kappa shape index (κ1) is 12.9. The van der Waals surface area contributed by atoms with E-state index in [9.17, 15) is 0 Å². The van der Waals surface area contributed by atoms with E-state index in [1.165, 1.54) is 11.3 Å². The van der Waals surface area contributed by atoms with Gasteiger partial charge in [0.1, 0.15) is 17.9 Å². The first-order valence-electron chi connectivity index (χ1n) is 5.14. The second-order valence-electron chi connectivity index (χ2n) is 3.34. The number of nitrogens with zero attached hydrogens (tertiary/aromatic N) is 2. The first-order valence-corrected chi connectivity index (χ1v) is 6.81. The Morgan fingerprint density at radius 1 is 1.50 bits per heavy atom. The van der Waals surface area contributed by atoms with Crippen molar-refractivity contribution in [1.82, 2.24) is 10.2 Å². The van der Waals surface area contributed by atoms with Crippen molar-refractivity contribution >= 4 is 32.4 Å². The Kier molecular flexibility index (Phi) is 4.56. The van der Waals surface area contributed by atoms with Gasteiger partial charge in [0.2, 0.25) is 5.13 Å². The molecule has 0 bridgehead atoms. The van der Waals surface area contributed by atoms with Crippen LogP contribution in [0.1, 0.15) is 5.56 Å². The highest BCUT2D eigenvalue weighted by molar-refractivity contribution is 9.10. The molecule has 1 N–H and O–H groups in total. The van der Waals surface area contributed by atoms with E-state index in [-0.39, 0.29) is 6.61 Å². The van der Waals surface area contributed by atoms with E-state index < -0.39 is 0 Å². The lowest BCUT2D eigenvalue weighted by Crippen LogP contribution is -2.03. The fraction of sp³-hybridized carbons (Fsp3) is 0.167. The van der Waals surface area contributed by atoms with E-state index in [1.54, 1.807) is 5.51 Å². The van der Waals surface area contributed by atoms with Gasteiger partial charge in [-0.1, -0.05) is 33.2 Å². The molecule has 0 fully saturated rings. The van der Waals surface area contributed by atoms with Crippen LogP contribution in [0.25, 0.3) is 0 Å². The number of halogens is 1. The lowest BCUT2D eigenvalue weighted by molar-refractivity contribution is 0.366. The lowest BCUT2D eigenvalue weighted by atomic mass is 10.2. The minimum atomic E-state index is 0.257. The number of hydrogen-bond donors (Lipinski definition) is 1. The Hall–Kier alpha value is -1.58. The van der Waals surface area contributed by atoms with Crippen molar-refractivity contribution in [3.63, 3.8) is 0 Å². The second-order valence-corrected chi connectivity index (χ2v) is 5.09. The molecule has 4 nitrogen and oxygen atoms in total. The molecule has 2 rings (SSSR count). The number of aromatic nitrogens is 2. The highest BCUT2D eigenvalue weighted by Gasteiger charge is 2.05. The molecule has 1 heterocycles. The highest BCUT2D eigenvalue weighted by Crippen LogP contribution is 2.24. The maximum absolute atomic E-state index is 5.48. The van der Waals surface area contributed by atoms with Gasteiger partial charge < -0.3 is 10.1 Å². The molecule has 0 saturated heterocycles. The van der Waals surface area contributed by atoms with Crippen LogP contribution in [0.5, 0.6) is 5.75 Å². The fourth-order valence-electron chi connectivity index (χ4n) is 1.37. The van der Waals surface area contributed by atoms with Gasteiger partial charge in [0.15, 0.2) is 0 Å². The van der Waals surface area contributed by atoms with Crippen molar-refractivity contribution in [2.45, 2.75) is 6.54 Å². The summed E-state index contributed by atoms with van der Waals surface area (Å²) in [5, 5.41) is 11.6. The molecule has 6 heteroatoms. The zero-order valence-corrected chi connectivity index (χ0v) is 11.8. The van der Waals surface area contributed by atoms with Gasteiger partial charge in [-0.15, -0.1) is 16.6 Å². The molecule has 0 unspecified atom stereocenters. The van der Waals surface area contributed by atoms with Crippen molar-refractivity contribution < 1.29 is 4.74 Å². The smallest absolute Gasteiger partial charge is 0.205 e. The molecule has 0 radical (unpaired) electrons. The summed E-state index contributed by atoms with van der Waals surface area (Å²) in [6.07, 6.45) is 5.19. The highest BCUT2D eigenvalue weighted by atomic mass is 79.9. The molecule has 0 atom stereocenters. The summed E-state index contributed by atoms with van der Waals surface area (Å²) in [7, 11) is 0. The zero-order valence-electron chi connectivity index (χ0n) is 9.39. The van der Waals surface area contributed by atoms with E-state index >= 15 is 0 Å². The summed E-state index contributed by atoms with van der Waals surface area (Å²) in [6, 6.07) is 5.79. The minimum Gasteiger partial charge on any atom is -0.481 e. The van der Waals surface area contributed by atoms with Gasteiger partial charge in [0, 0.05) is 16.6 Å². The number of hydrogen-bond acceptors (Lipinski definition) is 5. The van der Waals surface area contributed by atoms with Crippen LogP contribution >= 0.6 is 27.3 Å². The predicted molar refractivity (Wildman–Crippen MR) is 75.7 cm³/mol. The summed E-state index contributed by atoms with van der Waals surface area (Å²) in [6.45, 7) is 0.863. The first-order chi connectivity index (χ1) is 8.79. The summed E-state index contributed by atoms with van der Waals surface area (Å²) in [5.41, 5.74) is 2.69. The molecule has 18 heavy (non-hydrogen) atoms. The molecule has 0 saturated carbocycles.